The van der Waals surface area contributed by atoms with Crippen LogP contribution in [-0.4, -0.2) is 27.0 Å². The molecular formula is C22H20N4O2S. The molecule has 0 atom stereocenters. The Balaban J connectivity index is 1.61. The second-order valence-electron chi connectivity index (χ2n) is 6.93. The monoisotopic (exact) mass is 404 g/mol. The normalized spacial score (nSPS) is 17.5. The molecule has 0 saturated heterocycles. The number of thioether (sulfide) groups is 1. The summed E-state index contributed by atoms with van der Waals surface area (Å²) in [5.41, 5.74) is 1.96. The summed E-state index contributed by atoms with van der Waals surface area (Å²) >= 11 is 1.34. The summed E-state index contributed by atoms with van der Waals surface area (Å²) in [7, 11) is 0. The average Bonchev–Trinajstić information content (AvgIpc) is 3.15. The first-order valence-electron chi connectivity index (χ1n) is 9.29. The summed E-state index contributed by atoms with van der Waals surface area (Å²) in [6, 6.07) is 17.3. The van der Waals surface area contributed by atoms with Crippen LogP contribution in [0, 0.1) is 11.3 Å². The average molecular weight is 404 g/mol. The van der Waals surface area contributed by atoms with Gasteiger partial charge in [-0.15, -0.1) is 0 Å². The molecule has 1 amide bonds. The Morgan fingerprint density at radius 3 is 2.62 bits per heavy atom. The maximum Gasteiger partial charge on any atom is 0.283 e. The molecule has 0 radical (unpaired) electrons. The summed E-state index contributed by atoms with van der Waals surface area (Å²) < 4.78 is 5.96. The van der Waals surface area contributed by atoms with Gasteiger partial charge >= 0.3 is 0 Å². The highest BCUT2D eigenvalue weighted by atomic mass is 32.2. The zero-order valence-electron chi connectivity index (χ0n) is 16.1. The van der Waals surface area contributed by atoms with Crippen molar-refractivity contribution in [2.75, 3.05) is 0 Å². The molecule has 0 unspecified atom stereocenters. The van der Waals surface area contributed by atoms with Gasteiger partial charge in [0.15, 0.2) is 5.84 Å². The van der Waals surface area contributed by atoms with Crippen molar-refractivity contribution in [3.63, 3.8) is 0 Å². The number of carbonyl (C=O) groups excluding carboxylic acids is 1. The molecule has 2 heterocycles. The van der Waals surface area contributed by atoms with Crippen LogP contribution >= 0.6 is 11.8 Å². The van der Waals surface area contributed by atoms with E-state index in [1.54, 1.807) is 6.08 Å². The fraction of sp³-hybridized carbons (Fsp3) is 0.182. The van der Waals surface area contributed by atoms with E-state index in [9.17, 15) is 4.79 Å². The molecule has 2 aliphatic rings. The van der Waals surface area contributed by atoms with Crippen molar-refractivity contribution in [3.8, 4) is 5.75 Å². The molecule has 146 valence electrons. The molecule has 29 heavy (non-hydrogen) atoms. The molecule has 2 aliphatic heterocycles. The van der Waals surface area contributed by atoms with Crippen molar-refractivity contribution in [2.24, 2.45) is 16.0 Å². The van der Waals surface area contributed by atoms with Crippen LogP contribution in [0.5, 0.6) is 5.75 Å². The number of rotatable bonds is 5. The topological polar surface area (TPSA) is 78.1 Å². The fourth-order valence-corrected chi connectivity index (χ4v) is 3.75. The summed E-state index contributed by atoms with van der Waals surface area (Å²) in [5, 5.41) is 15.6. The molecule has 1 N–H and O–H groups in total. The molecule has 7 heteroatoms. The molecule has 4 rings (SSSR count). The van der Waals surface area contributed by atoms with E-state index in [2.05, 4.69) is 10.1 Å². The second-order valence-corrected chi connectivity index (χ2v) is 7.91. The molecule has 0 aromatic heterocycles. The molecular weight excluding hydrogens is 384 g/mol. The number of nitrogens with one attached hydrogen (secondary N) is 1. The third kappa shape index (κ3) is 4.00. The highest BCUT2D eigenvalue weighted by Crippen LogP contribution is 2.31. The number of hydrogen-bond acceptors (Lipinski definition) is 5. The highest BCUT2D eigenvalue weighted by molar-refractivity contribution is 8.27. The van der Waals surface area contributed by atoms with Crippen LogP contribution in [0.15, 0.2) is 70.3 Å². The van der Waals surface area contributed by atoms with Crippen molar-refractivity contribution in [2.45, 2.75) is 20.5 Å². The molecule has 6 nitrogen and oxygen atoms in total. The van der Waals surface area contributed by atoms with Crippen molar-refractivity contribution < 1.29 is 9.53 Å². The van der Waals surface area contributed by atoms with Gasteiger partial charge in [-0.1, -0.05) is 62.4 Å². The lowest BCUT2D eigenvalue weighted by molar-refractivity contribution is -0.114. The Kier molecular flexibility index (Phi) is 5.31. The Morgan fingerprint density at radius 2 is 1.86 bits per heavy atom. The molecule has 0 saturated carbocycles. The smallest absolute Gasteiger partial charge is 0.283 e. The van der Waals surface area contributed by atoms with Crippen LogP contribution in [0.25, 0.3) is 6.08 Å². The van der Waals surface area contributed by atoms with Crippen molar-refractivity contribution in [1.29, 1.82) is 5.41 Å². The summed E-state index contributed by atoms with van der Waals surface area (Å²) in [6.45, 7) is 4.46. The predicted octanol–water partition coefficient (Wildman–Crippen LogP) is 4.54. The lowest BCUT2D eigenvalue weighted by Crippen LogP contribution is -2.35. The van der Waals surface area contributed by atoms with Crippen molar-refractivity contribution >= 4 is 39.8 Å². The Morgan fingerprint density at radius 1 is 1.14 bits per heavy atom. The number of hydrazone groups is 1. The minimum atomic E-state index is -0.438. The number of ether oxygens (including phenoxy) is 1. The van der Waals surface area contributed by atoms with Gasteiger partial charge in [-0.3, -0.25) is 10.2 Å². The van der Waals surface area contributed by atoms with Gasteiger partial charge in [-0.25, -0.2) is 0 Å². The summed E-state index contributed by atoms with van der Waals surface area (Å²) in [4.78, 5) is 16.7. The van der Waals surface area contributed by atoms with Crippen LogP contribution in [0.2, 0.25) is 0 Å². The number of fused-ring (bicyclic) bond motifs is 1. The Hall–Kier alpha value is -3.19. The summed E-state index contributed by atoms with van der Waals surface area (Å²) in [5.74, 6) is 0.435. The molecule has 2 aromatic rings. The number of para-hydroxylation sites is 1. The second kappa shape index (κ2) is 8.05. The number of amides is 1. The molecule has 0 aliphatic carbocycles. The lowest BCUT2D eigenvalue weighted by atomic mass is 10.1. The van der Waals surface area contributed by atoms with E-state index < -0.39 is 5.91 Å². The first-order valence-corrected chi connectivity index (χ1v) is 10.1. The van der Waals surface area contributed by atoms with E-state index in [-0.39, 0.29) is 17.3 Å². The van der Waals surface area contributed by atoms with Crippen LogP contribution < -0.4 is 4.74 Å². The van der Waals surface area contributed by atoms with Gasteiger partial charge in [0, 0.05) is 11.5 Å². The van der Waals surface area contributed by atoms with Gasteiger partial charge in [0.1, 0.15) is 17.4 Å². The minimum Gasteiger partial charge on any atom is -0.488 e. The van der Waals surface area contributed by atoms with Gasteiger partial charge in [0.05, 0.1) is 5.57 Å². The number of amidine groups is 2. The standard InChI is InChI=1S/C22H20N4O2S/c1-14(2)21-25-26-19(23)17(20(27)24-22(26)29-21)12-16-10-6-7-11-18(16)28-13-15-8-4-3-5-9-15/h3-12,14,23H,13H2,1-2H3/b17-12-,23-19?. The number of benzene rings is 2. The fourth-order valence-electron chi connectivity index (χ4n) is 2.86. The maximum absolute atomic E-state index is 12.6. The molecule has 2 aromatic carbocycles. The van der Waals surface area contributed by atoms with E-state index in [1.807, 2.05) is 68.4 Å². The van der Waals surface area contributed by atoms with Crippen LogP contribution in [0.3, 0.4) is 0 Å². The van der Waals surface area contributed by atoms with Gasteiger partial charge in [0.25, 0.3) is 5.91 Å². The molecule has 0 fully saturated rings. The van der Waals surface area contributed by atoms with E-state index in [0.29, 0.717) is 17.5 Å². The number of hydrogen-bond donors (Lipinski definition) is 1. The van der Waals surface area contributed by atoms with Crippen molar-refractivity contribution in [1.82, 2.24) is 5.01 Å². The van der Waals surface area contributed by atoms with Crippen LogP contribution in [0.4, 0.5) is 0 Å². The zero-order valence-corrected chi connectivity index (χ0v) is 16.9. The first-order chi connectivity index (χ1) is 14.0. The lowest BCUT2D eigenvalue weighted by Gasteiger charge is -2.20. The third-order valence-electron chi connectivity index (χ3n) is 4.42. The van der Waals surface area contributed by atoms with E-state index >= 15 is 0 Å². The molecule has 0 bridgehead atoms. The highest BCUT2D eigenvalue weighted by Gasteiger charge is 2.36. The van der Waals surface area contributed by atoms with E-state index in [4.69, 9.17) is 10.1 Å². The van der Waals surface area contributed by atoms with Gasteiger partial charge in [-0.05, 0) is 29.5 Å². The van der Waals surface area contributed by atoms with E-state index in [0.717, 1.165) is 16.2 Å². The Bertz CT molecular complexity index is 1060. The van der Waals surface area contributed by atoms with Gasteiger partial charge in [0.2, 0.25) is 5.17 Å². The number of nitrogens with zero attached hydrogens (tertiary/aromatic N) is 3. The first kappa shape index (κ1) is 19.1. The van der Waals surface area contributed by atoms with E-state index in [1.165, 1.54) is 16.8 Å². The summed E-state index contributed by atoms with van der Waals surface area (Å²) in [6.07, 6.45) is 1.65. The minimum absolute atomic E-state index is 0.0287. The Labute approximate surface area is 173 Å². The van der Waals surface area contributed by atoms with Crippen LogP contribution in [0.1, 0.15) is 25.0 Å². The molecule has 0 spiro atoms. The zero-order chi connectivity index (χ0) is 20.4. The van der Waals surface area contributed by atoms with Crippen molar-refractivity contribution in [3.05, 3.63) is 71.3 Å². The van der Waals surface area contributed by atoms with Gasteiger partial charge in [-0.2, -0.15) is 15.1 Å². The SMILES string of the molecule is CC(C)C1=NN2C(=N)/C(=C/c3ccccc3OCc3ccccc3)C(=O)N=C2S1. The third-order valence-corrected chi connectivity index (χ3v) is 5.63. The van der Waals surface area contributed by atoms with Gasteiger partial charge < -0.3 is 4.74 Å². The predicted molar refractivity (Wildman–Crippen MR) is 117 cm³/mol. The number of aliphatic imine (C=N–C) groups is 1. The largest absolute Gasteiger partial charge is 0.488 e. The van der Waals surface area contributed by atoms with Crippen LogP contribution in [-0.2, 0) is 11.4 Å². The quantitative estimate of drug-likeness (QED) is 0.742. The maximum atomic E-state index is 12.6. The number of carbonyl (C=O) groups is 1.